The fraction of sp³-hybridized carbons (Fsp3) is 0.722. The predicted molar refractivity (Wildman–Crippen MR) is 94.5 cm³/mol. The van der Waals surface area contributed by atoms with Crippen LogP contribution in [-0.2, 0) is 57.1 Å². The lowest BCUT2D eigenvalue weighted by Gasteiger charge is -2.45. The molecule has 0 saturated carbocycles. The molecule has 0 aromatic carbocycles. The number of methoxy groups -OCH3 is 1. The number of ether oxygens (including phenoxy) is 7. The normalized spacial score (nSPS) is 26.7. The summed E-state index contributed by atoms with van der Waals surface area (Å²) >= 11 is 0. The first-order valence-corrected chi connectivity index (χ1v) is 8.96. The van der Waals surface area contributed by atoms with Crippen LogP contribution in [-0.4, -0.2) is 80.4 Å². The lowest BCUT2D eigenvalue weighted by molar-refractivity contribution is -0.312. The van der Waals surface area contributed by atoms with Crippen LogP contribution in [0, 0.1) is 0 Å². The Morgan fingerprint density at radius 2 is 1.23 bits per heavy atom. The van der Waals surface area contributed by atoms with Gasteiger partial charge in [0.25, 0.3) is 0 Å². The van der Waals surface area contributed by atoms with E-state index in [2.05, 4.69) is 0 Å². The van der Waals surface area contributed by atoms with Gasteiger partial charge in [-0.2, -0.15) is 0 Å². The predicted octanol–water partition coefficient (Wildman–Crippen LogP) is -0.352. The van der Waals surface area contributed by atoms with Gasteiger partial charge in [-0.1, -0.05) is 0 Å². The zero-order valence-corrected chi connectivity index (χ0v) is 17.6. The highest BCUT2D eigenvalue weighted by molar-refractivity contribution is 5.69. The van der Waals surface area contributed by atoms with Gasteiger partial charge >= 0.3 is 29.8 Å². The van der Waals surface area contributed by atoms with Crippen LogP contribution in [0.4, 0.5) is 0 Å². The average Bonchev–Trinajstić information content (AvgIpc) is 2.60. The highest BCUT2D eigenvalue weighted by Crippen LogP contribution is 2.31. The Morgan fingerprint density at radius 3 is 1.67 bits per heavy atom. The van der Waals surface area contributed by atoms with Gasteiger partial charge in [-0.05, 0) is 0 Å². The number of rotatable bonds is 8. The van der Waals surface area contributed by atoms with E-state index >= 15 is 0 Å². The fourth-order valence-corrected chi connectivity index (χ4v) is 2.90. The quantitative estimate of drug-likeness (QED) is 0.363. The number of hydrogen-bond donors (Lipinski definition) is 0. The summed E-state index contributed by atoms with van der Waals surface area (Å²) in [5.41, 5.74) is 0. The minimum atomic E-state index is -1.39. The third-order valence-electron chi connectivity index (χ3n) is 3.80. The van der Waals surface area contributed by atoms with E-state index < -0.39 is 73.3 Å². The first-order chi connectivity index (χ1) is 14.0. The van der Waals surface area contributed by atoms with E-state index in [1.807, 2.05) is 0 Å². The van der Waals surface area contributed by atoms with Gasteiger partial charge in [0.05, 0.1) is 0 Å². The third kappa shape index (κ3) is 7.59. The van der Waals surface area contributed by atoms with Crippen molar-refractivity contribution in [2.45, 2.75) is 71.4 Å². The number of carbonyl (C=O) groups is 5. The van der Waals surface area contributed by atoms with Crippen molar-refractivity contribution >= 4 is 29.8 Å². The minimum absolute atomic E-state index is 0.446. The molecule has 0 unspecified atom stereocenters. The molecule has 0 aliphatic carbocycles. The maximum Gasteiger partial charge on any atom is 0.303 e. The third-order valence-corrected chi connectivity index (χ3v) is 3.80. The lowest BCUT2D eigenvalue weighted by Crippen LogP contribution is -2.65. The molecule has 6 atom stereocenters. The van der Waals surface area contributed by atoms with E-state index in [1.54, 1.807) is 0 Å². The SMILES string of the molecule is CO[C@@H]1O[C@@H]([C@@H](COC(C)=O)OC(C)=O)[C@H](OC(C)=O)[C@H](OC(C)=O)[C@@H]1OC(C)=O. The number of hydrogen-bond acceptors (Lipinski definition) is 12. The molecule has 1 saturated heterocycles. The number of esters is 5. The van der Waals surface area contributed by atoms with Crippen molar-refractivity contribution in [3.8, 4) is 0 Å². The van der Waals surface area contributed by atoms with Crippen LogP contribution in [0.15, 0.2) is 0 Å². The summed E-state index contributed by atoms with van der Waals surface area (Å²) in [6, 6.07) is 0. The molecule has 30 heavy (non-hydrogen) atoms. The highest BCUT2D eigenvalue weighted by atomic mass is 16.7. The first-order valence-electron chi connectivity index (χ1n) is 8.96. The van der Waals surface area contributed by atoms with E-state index in [4.69, 9.17) is 33.2 Å². The average molecular weight is 434 g/mol. The summed E-state index contributed by atoms with van der Waals surface area (Å²) in [5.74, 6) is -3.69. The van der Waals surface area contributed by atoms with Gasteiger partial charge < -0.3 is 33.2 Å². The smallest absolute Gasteiger partial charge is 0.303 e. The largest absolute Gasteiger partial charge is 0.462 e. The van der Waals surface area contributed by atoms with Crippen LogP contribution in [0.2, 0.25) is 0 Å². The van der Waals surface area contributed by atoms with Gasteiger partial charge in [0, 0.05) is 41.7 Å². The second-order valence-corrected chi connectivity index (χ2v) is 6.38. The van der Waals surface area contributed by atoms with Crippen molar-refractivity contribution in [2.75, 3.05) is 13.7 Å². The molecular formula is C18H26O12. The second-order valence-electron chi connectivity index (χ2n) is 6.38. The molecule has 0 spiro atoms. The molecule has 12 nitrogen and oxygen atoms in total. The summed E-state index contributed by atoms with van der Waals surface area (Å²) < 4.78 is 36.7. The molecule has 0 radical (unpaired) electrons. The Bertz CT molecular complexity index is 660. The fourth-order valence-electron chi connectivity index (χ4n) is 2.90. The topological polar surface area (TPSA) is 150 Å². The van der Waals surface area contributed by atoms with E-state index in [1.165, 1.54) is 7.11 Å². The Hall–Kier alpha value is -2.73. The molecule has 0 aromatic rings. The van der Waals surface area contributed by atoms with Crippen molar-refractivity contribution in [3.63, 3.8) is 0 Å². The van der Waals surface area contributed by atoms with Crippen LogP contribution in [0.25, 0.3) is 0 Å². The summed E-state index contributed by atoms with van der Waals surface area (Å²) in [7, 11) is 1.24. The Balaban J connectivity index is 3.41. The molecule has 0 N–H and O–H groups in total. The van der Waals surface area contributed by atoms with Crippen molar-refractivity contribution < 1.29 is 57.1 Å². The van der Waals surface area contributed by atoms with Crippen LogP contribution in [0.1, 0.15) is 34.6 Å². The molecule has 0 amide bonds. The molecule has 170 valence electrons. The molecule has 1 fully saturated rings. The standard InChI is InChI=1S/C18H26O12/c1-8(19)25-7-13(26-9(2)20)14-15(27-10(3)21)16(28-11(4)22)17(29-12(5)23)18(24-6)30-14/h13-18H,7H2,1-6H3/t13-,14+,15+,16+,17+,18-/m1/s1. The van der Waals surface area contributed by atoms with E-state index in [0.29, 0.717) is 0 Å². The molecule has 1 rings (SSSR count). The second kappa shape index (κ2) is 11.5. The van der Waals surface area contributed by atoms with Crippen LogP contribution in [0.5, 0.6) is 0 Å². The summed E-state index contributed by atoms with van der Waals surface area (Å²) in [5, 5.41) is 0. The minimum Gasteiger partial charge on any atom is -0.462 e. The van der Waals surface area contributed by atoms with Crippen molar-refractivity contribution in [2.24, 2.45) is 0 Å². The molecule has 0 aromatic heterocycles. The van der Waals surface area contributed by atoms with Gasteiger partial charge in [0.15, 0.2) is 30.7 Å². The van der Waals surface area contributed by atoms with E-state index in [-0.39, 0.29) is 0 Å². The van der Waals surface area contributed by atoms with E-state index in [0.717, 1.165) is 34.6 Å². The van der Waals surface area contributed by atoms with Crippen LogP contribution < -0.4 is 0 Å². The molecular weight excluding hydrogens is 408 g/mol. The first kappa shape index (κ1) is 25.3. The lowest BCUT2D eigenvalue weighted by atomic mass is 9.94. The van der Waals surface area contributed by atoms with Crippen LogP contribution in [0.3, 0.4) is 0 Å². The maximum atomic E-state index is 11.7. The van der Waals surface area contributed by atoms with Gasteiger partial charge in [-0.15, -0.1) is 0 Å². The van der Waals surface area contributed by atoms with E-state index in [9.17, 15) is 24.0 Å². The maximum absolute atomic E-state index is 11.7. The van der Waals surface area contributed by atoms with Gasteiger partial charge in [-0.25, -0.2) is 0 Å². The van der Waals surface area contributed by atoms with Gasteiger partial charge in [0.2, 0.25) is 0 Å². The zero-order valence-electron chi connectivity index (χ0n) is 17.6. The Labute approximate surface area is 173 Å². The molecule has 1 aliphatic heterocycles. The molecule has 1 heterocycles. The van der Waals surface area contributed by atoms with Crippen molar-refractivity contribution in [1.82, 2.24) is 0 Å². The molecule has 0 bridgehead atoms. The van der Waals surface area contributed by atoms with Gasteiger partial charge in [0.1, 0.15) is 12.7 Å². The summed E-state index contributed by atoms with van der Waals surface area (Å²) in [4.78, 5) is 57.8. The monoisotopic (exact) mass is 434 g/mol. The highest BCUT2D eigenvalue weighted by Gasteiger charge is 2.55. The van der Waals surface area contributed by atoms with Crippen LogP contribution >= 0.6 is 0 Å². The zero-order chi connectivity index (χ0) is 23.0. The molecule has 12 heteroatoms. The Kier molecular flexibility index (Phi) is 9.66. The van der Waals surface area contributed by atoms with Crippen molar-refractivity contribution in [1.29, 1.82) is 0 Å². The van der Waals surface area contributed by atoms with Crippen molar-refractivity contribution in [3.05, 3.63) is 0 Å². The Morgan fingerprint density at radius 1 is 0.733 bits per heavy atom. The summed E-state index contributed by atoms with van der Waals surface area (Å²) in [6.45, 7) is 5.13. The van der Waals surface area contributed by atoms with Gasteiger partial charge in [-0.3, -0.25) is 24.0 Å². The summed E-state index contributed by atoms with van der Waals surface area (Å²) in [6.07, 6.45) is -7.89. The molecule has 1 aliphatic rings. The number of carbonyl (C=O) groups excluding carboxylic acids is 5.